The van der Waals surface area contributed by atoms with Gasteiger partial charge in [-0.1, -0.05) is 315 Å². The molecule has 6 nitrogen and oxygen atoms in total. The van der Waals surface area contributed by atoms with E-state index in [4.69, 9.17) is 14.2 Å². The summed E-state index contributed by atoms with van der Waals surface area (Å²) < 4.78 is 16.9. The van der Waals surface area contributed by atoms with Gasteiger partial charge < -0.3 is 14.2 Å². The second-order valence-corrected chi connectivity index (χ2v) is 22.0. The van der Waals surface area contributed by atoms with E-state index in [1.165, 1.54) is 141 Å². The minimum atomic E-state index is -0.816. The van der Waals surface area contributed by atoms with Crippen molar-refractivity contribution in [2.24, 2.45) is 0 Å². The third kappa shape index (κ3) is 66.2. The Morgan fingerprint density at radius 2 is 0.506 bits per heavy atom. The quantitative estimate of drug-likeness (QED) is 0.0261. The number of esters is 3. The highest BCUT2D eigenvalue weighted by Crippen LogP contribution is 2.17. The van der Waals surface area contributed by atoms with Crippen LogP contribution in [0.2, 0.25) is 0 Å². The number of carbonyl (C=O) groups is 3. The lowest BCUT2D eigenvalue weighted by atomic mass is 10.0. The summed E-state index contributed by atoms with van der Waals surface area (Å²) in [5.74, 6) is -0.994. The van der Waals surface area contributed by atoms with Crippen LogP contribution >= 0.6 is 0 Å². The largest absolute Gasteiger partial charge is 0.462 e. The molecule has 0 saturated heterocycles. The molecule has 1 unspecified atom stereocenters. The monoisotopic (exact) mass is 1120 g/mol. The van der Waals surface area contributed by atoms with Crippen molar-refractivity contribution in [1.82, 2.24) is 0 Å². The maximum atomic E-state index is 12.9. The fourth-order valence-corrected chi connectivity index (χ4v) is 9.20. The number of ether oxygens (including phenoxy) is 3. The van der Waals surface area contributed by atoms with Crippen LogP contribution in [0.15, 0.2) is 134 Å². The maximum absolute atomic E-state index is 12.9. The highest BCUT2D eigenvalue weighted by Gasteiger charge is 2.19. The van der Waals surface area contributed by atoms with E-state index in [1.54, 1.807) is 0 Å². The van der Waals surface area contributed by atoms with Gasteiger partial charge in [0.2, 0.25) is 0 Å². The number of unbranched alkanes of at least 4 members (excludes halogenated alkanes) is 27. The molecule has 6 heteroatoms. The zero-order chi connectivity index (χ0) is 58.5. The summed E-state index contributed by atoms with van der Waals surface area (Å²) >= 11 is 0. The molecule has 1 atom stereocenters. The van der Waals surface area contributed by atoms with Gasteiger partial charge in [0.05, 0.1) is 0 Å². The molecule has 0 aromatic carbocycles. The Hall–Kier alpha value is -4.45. The van der Waals surface area contributed by atoms with E-state index < -0.39 is 6.10 Å². The van der Waals surface area contributed by atoms with Crippen molar-refractivity contribution in [3.05, 3.63) is 134 Å². The van der Waals surface area contributed by atoms with Crippen molar-refractivity contribution in [1.29, 1.82) is 0 Å². The first-order valence-electron chi connectivity index (χ1n) is 33.7. The highest BCUT2D eigenvalue weighted by molar-refractivity contribution is 5.71. The summed E-state index contributed by atoms with van der Waals surface area (Å²) in [5.41, 5.74) is 0. The SMILES string of the molecule is CC/C=C\C/C=C\C/C=C\C/C=C\C/C=C\C/C=C\C/C=C\CCCCCCCCCC(=O)OCC(COC(=O)CC/C=C\C/C=C\C/C=C\C/C=C\CC)OC(=O)CCCCCCCCCCCCCCCCCCCCCCC. The fraction of sp³-hybridized carbons (Fsp3) is 0.667. The van der Waals surface area contributed by atoms with Crippen LogP contribution in [-0.4, -0.2) is 37.2 Å². The van der Waals surface area contributed by atoms with Crippen LogP contribution in [0.5, 0.6) is 0 Å². The maximum Gasteiger partial charge on any atom is 0.306 e. The molecule has 0 bridgehead atoms. The Labute approximate surface area is 500 Å². The summed E-state index contributed by atoms with van der Waals surface area (Å²) in [4.78, 5) is 38.3. The van der Waals surface area contributed by atoms with E-state index in [-0.39, 0.29) is 37.5 Å². The van der Waals surface area contributed by atoms with E-state index in [0.717, 1.165) is 116 Å². The lowest BCUT2D eigenvalue weighted by Crippen LogP contribution is -2.30. The summed E-state index contributed by atoms with van der Waals surface area (Å²) in [5, 5.41) is 0. The Kier molecular flexibility index (Phi) is 64.3. The van der Waals surface area contributed by atoms with Gasteiger partial charge in [0.25, 0.3) is 0 Å². The van der Waals surface area contributed by atoms with Crippen LogP contribution in [0.3, 0.4) is 0 Å². The summed E-state index contributed by atoms with van der Waals surface area (Å²) in [6.45, 7) is 6.36. The molecule has 0 aliphatic heterocycles. The van der Waals surface area contributed by atoms with Crippen molar-refractivity contribution in [2.75, 3.05) is 13.2 Å². The standard InChI is InChI=1S/C75H124O6/c1-4-7-10-13-16-19-22-25-27-29-31-33-34-35-36-37-38-39-40-42-43-45-47-50-53-56-59-62-65-68-74(77)80-71-72(70-79-73(76)67-64-61-58-55-52-49-24-21-18-15-12-9-6-3)81-75(78)69-66-63-60-57-54-51-48-46-44-41-32-30-28-26-23-20-17-14-11-8-5-2/h7,9-10,12,16,18-19,21,25,27,31,33,35-36,38-39,42-43,49,52,58,61,72H,4-6,8,11,13-15,17,20,22-24,26,28-30,32,34,37,40-41,44-48,50-51,53-57,59-60,62-71H2,1-3H3/b10-7-,12-9-,19-16-,21-18-,27-25-,33-31-,36-35-,39-38-,43-42-,52-49-,61-58-. The molecular formula is C75H124O6. The minimum Gasteiger partial charge on any atom is -0.462 e. The lowest BCUT2D eigenvalue weighted by Gasteiger charge is -2.18. The van der Waals surface area contributed by atoms with Gasteiger partial charge in [0, 0.05) is 19.3 Å². The molecule has 81 heavy (non-hydrogen) atoms. The van der Waals surface area contributed by atoms with Gasteiger partial charge in [-0.25, -0.2) is 0 Å². The Morgan fingerprint density at radius 1 is 0.259 bits per heavy atom. The molecule has 460 valence electrons. The summed E-state index contributed by atoms with van der Waals surface area (Å²) in [6, 6.07) is 0. The molecule has 0 aliphatic carbocycles. The predicted molar refractivity (Wildman–Crippen MR) is 353 cm³/mol. The molecule has 0 radical (unpaired) electrons. The smallest absolute Gasteiger partial charge is 0.306 e. The van der Waals surface area contributed by atoms with Crippen molar-refractivity contribution >= 4 is 17.9 Å². The van der Waals surface area contributed by atoms with E-state index >= 15 is 0 Å². The Bertz CT molecular complexity index is 1720. The Morgan fingerprint density at radius 3 is 0.827 bits per heavy atom. The lowest BCUT2D eigenvalue weighted by molar-refractivity contribution is -0.166. The number of hydrogen-bond acceptors (Lipinski definition) is 6. The van der Waals surface area contributed by atoms with Crippen LogP contribution in [0.4, 0.5) is 0 Å². The van der Waals surface area contributed by atoms with Crippen molar-refractivity contribution in [2.45, 2.75) is 309 Å². The molecule has 0 N–H and O–H groups in total. The number of rotatable bonds is 60. The minimum absolute atomic E-state index is 0.107. The second-order valence-electron chi connectivity index (χ2n) is 22.0. The summed E-state index contributed by atoms with van der Waals surface area (Å²) in [7, 11) is 0. The normalized spacial score (nSPS) is 13.0. The molecule has 0 spiro atoms. The first-order valence-corrected chi connectivity index (χ1v) is 33.7. The first-order chi connectivity index (χ1) is 40.0. The van der Waals surface area contributed by atoms with E-state index in [1.807, 2.05) is 6.08 Å². The van der Waals surface area contributed by atoms with E-state index in [0.29, 0.717) is 19.3 Å². The molecule has 0 aromatic rings. The number of allylic oxidation sites excluding steroid dienone is 22. The second kappa shape index (κ2) is 68.1. The fourth-order valence-electron chi connectivity index (χ4n) is 9.20. The van der Waals surface area contributed by atoms with Gasteiger partial charge in [-0.2, -0.15) is 0 Å². The van der Waals surface area contributed by atoms with E-state index in [9.17, 15) is 14.4 Å². The van der Waals surface area contributed by atoms with Gasteiger partial charge in [-0.15, -0.1) is 0 Å². The zero-order valence-corrected chi connectivity index (χ0v) is 52.8. The number of hydrogen-bond donors (Lipinski definition) is 0. The summed E-state index contributed by atoms with van der Waals surface area (Å²) in [6.07, 6.45) is 96.3. The van der Waals surface area contributed by atoms with Crippen LogP contribution in [0, 0.1) is 0 Å². The number of carbonyl (C=O) groups excluding carboxylic acids is 3. The third-order valence-corrected chi connectivity index (χ3v) is 14.2. The molecule has 0 saturated carbocycles. The third-order valence-electron chi connectivity index (χ3n) is 14.2. The molecule has 0 heterocycles. The topological polar surface area (TPSA) is 78.9 Å². The molecule has 0 aliphatic rings. The van der Waals surface area contributed by atoms with Crippen molar-refractivity contribution in [3.8, 4) is 0 Å². The predicted octanol–water partition coefficient (Wildman–Crippen LogP) is 23.3. The Balaban J connectivity index is 4.36. The van der Waals surface area contributed by atoms with Gasteiger partial charge in [0.1, 0.15) is 13.2 Å². The molecule has 0 amide bonds. The van der Waals surface area contributed by atoms with Crippen LogP contribution in [0.1, 0.15) is 303 Å². The zero-order valence-electron chi connectivity index (χ0n) is 52.8. The molecular weight excluding hydrogens is 997 g/mol. The van der Waals surface area contributed by atoms with Gasteiger partial charge in [-0.3, -0.25) is 14.4 Å². The van der Waals surface area contributed by atoms with Crippen LogP contribution < -0.4 is 0 Å². The van der Waals surface area contributed by atoms with Crippen LogP contribution in [0.25, 0.3) is 0 Å². The van der Waals surface area contributed by atoms with Crippen molar-refractivity contribution in [3.63, 3.8) is 0 Å². The van der Waals surface area contributed by atoms with Gasteiger partial charge in [0.15, 0.2) is 6.10 Å². The van der Waals surface area contributed by atoms with Gasteiger partial charge in [-0.05, 0) is 103 Å². The van der Waals surface area contributed by atoms with E-state index in [2.05, 4.69) is 148 Å². The van der Waals surface area contributed by atoms with Crippen LogP contribution in [-0.2, 0) is 28.6 Å². The van der Waals surface area contributed by atoms with Crippen molar-refractivity contribution < 1.29 is 28.6 Å². The molecule has 0 aromatic heterocycles. The molecule has 0 rings (SSSR count). The highest BCUT2D eigenvalue weighted by atomic mass is 16.6. The first kappa shape index (κ1) is 76.5. The average Bonchev–Trinajstić information content (AvgIpc) is 3.46. The average molecular weight is 1120 g/mol. The molecule has 0 fully saturated rings. The van der Waals surface area contributed by atoms with Gasteiger partial charge >= 0.3 is 17.9 Å².